The number of rotatable bonds is 5. The SMILES string of the molecule is CN/C=C\Nc1ccc(-c2cc(C)cc(-c3cc(C)c4cn[nH]c4c3)c2O)cc1Cl. The van der Waals surface area contributed by atoms with Crippen molar-refractivity contribution >= 4 is 28.2 Å². The van der Waals surface area contributed by atoms with E-state index in [1.54, 1.807) is 12.4 Å². The van der Waals surface area contributed by atoms with Gasteiger partial charge in [-0.25, -0.2) is 0 Å². The van der Waals surface area contributed by atoms with Crippen molar-refractivity contribution in [3.05, 3.63) is 77.2 Å². The van der Waals surface area contributed by atoms with Crippen LogP contribution in [0, 0.1) is 13.8 Å². The Kier molecular flexibility index (Phi) is 5.38. The van der Waals surface area contributed by atoms with Gasteiger partial charge in [-0.15, -0.1) is 0 Å². The third-order valence-electron chi connectivity index (χ3n) is 5.10. The first kappa shape index (κ1) is 19.9. The number of benzene rings is 3. The minimum atomic E-state index is 0.228. The van der Waals surface area contributed by atoms with Gasteiger partial charge in [-0.1, -0.05) is 23.7 Å². The maximum absolute atomic E-state index is 11.2. The van der Waals surface area contributed by atoms with Crippen molar-refractivity contribution in [3.8, 4) is 28.0 Å². The summed E-state index contributed by atoms with van der Waals surface area (Å²) in [5.74, 6) is 0.228. The second-order valence-corrected chi connectivity index (χ2v) is 7.70. The topological polar surface area (TPSA) is 73.0 Å². The molecule has 1 heterocycles. The van der Waals surface area contributed by atoms with Crippen molar-refractivity contribution in [3.63, 3.8) is 0 Å². The summed E-state index contributed by atoms with van der Waals surface area (Å²) in [5, 5.41) is 26.0. The number of fused-ring (bicyclic) bond motifs is 1. The van der Waals surface area contributed by atoms with Crippen LogP contribution >= 0.6 is 11.6 Å². The summed E-state index contributed by atoms with van der Waals surface area (Å²) < 4.78 is 0. The molecule has 4 N–H and O–H groups in total. The molecule has 3 aromatic carbocycles. The van der Waals surface area contributed by atoms with Gasteiger partial charge in [0, 0.05) is 36.0 Å². The number of H-pyrrole nitrogens is 1. The lowest BCUT2D eigenvalue weighted by Gasteiger charge is -2.14. The number of halogens is 1. The lowest BCUT2D eigenvalue weighted by molar-refractivity contribution is 0.479. The number of nitrogens with one attached hydrogen (secondary N) is 3. The number of aryl methyl sites for hydroxylation is 2. The molecule has 0 bridgehead atoms. The fraction of sp³-hybridized carbons (Fsp3) is 0.125. The molecule has 0 aliphatic heterocycles. The summed E-state index contributed by atoms with van der Waals surface area (Å²) in [6.45, 7) is 4.07. The number of aromatic nitrogens is 2. The zero-order valence-corrected chi connectivity index (χ0v) is 17.8. The van der Waals surface area contributed by atoms with Crippen LogP contribution in [0.25, 0.3) is 33.2 Å². The van der Waals surface area contributed by atoms with Crippen molar-refractivity contribution in [1.29, 1.82) is 0 Å². The third-order valence-corrected chi connectivity index (χ3v) is 5.41. The van der Waals surface area contributed by atoms with Crippen molar-refractivity contribution in [2.24, 2.45) is 0 Å². The maximum Gasteiger partial charge on any atom is 0.131 e. The quantitative estimate of drug-likeness (QED) is 0.322. The fourth-order valence-electron chi connectivity index (χ4n) is 3.62. The van der Waals surface area contributed by atoms with Crippen LogP contribution < -0.4 is 10.6 Å². The Balaban J connectivity index is 1.79. The van der Waals surface area contributed by atoms with Crippen LogP contribution in [0.4, 0.5) is 5.69 Å². The normalized spacial score (nSPS) is 11.3. The number of phenols is 1. The maximum atomic E-state index is 11.2. The van der Waals surface area contributed by atoms with E-state index in [0.29, 0.717) is 5.02 Å². The molecule has 30 heavy (non-hydrogen) atoms. The van der Waals surface area contributed by atoms with E-state index in [1.807, 2.05) is 63.5 Å². The number of aromatic hydroxyl groups is 1. The standard InChI is InChI=1S/C24H23ClN4O/c1-14-8-18(16-4-5-22(21(25)11-16)27-7-6-26-3)24(30)19(9-14)17-10-15(2)20-13-28-29-23(20)12-17/h4-13,26-27,30H,1-3H3,(H,28,29)/b7-6-. The van der Waals surface area contributed by atoms with Gasteiger partial charge in [0.05, 0.1) is 22.4 Å². The minimum absolute atomic E-state index is 0.228. The van der Waals surface area contributed by atoms with Crippen molar-refractivity contribution in [1.82, 2.24) is 15.5 Å². The molecule has 1 aromatic heterocycles. The number of hydrogen-bond donors (Lipinski definition) is 4. The van der Waals surface area contributed by atoms with E-state index < -0.39 is 0 Å². The molecule has 0 saturated heterocycles. The molecule has 4 aromatic rings. The van der Waals surface area contributed by atoms with Gasteiger partial charge in [-0.3, -0.25) is 5.10 Å². The Morgan fingerprint density at radius 2 is 1.77 bits per heavy atom. The molecule has 0 fully saturated rings. The second kappa shape index (κ2) is 8.13. The number of aromatic amines is 1. The molecule has 6 heteroatoms. The Morgan fingerprint density at radius 1 is 1.00 bits per heavy atom. The third kappa shape index (κ3) is 3.72. The van der Waals surface area contributed by atoms with E-state index in [-0.39, 0.29) is 5.75 Å². The average molecular weight is 419 g/mol. The highest BCUT2D eigenvalue weighted by atomic mass is 35.5. The Labute approximate surface area is 180 Å². The number of nitrogens with zero attached hydrogens (tertiary/aromatic N) is 1. The molecule has 0 aliphatic carbocycles. The van der Waals surface area contributed by atoms with Crippen molar-refractivity contribution < 1.29 is 5.11 Å². The largest absolute Gasteiger partial charge is 0.507 e. The van der Waals surface area contributed by atoms with Crippen LogP contribution in [0.15, 0.2) is 61.1 Å². The number of phenolic OH excluding ortho intramolecular Hbond substituents is 1. The van der Waals surface area contributed by atoms with E-state index in [2.05, 4.69) is 26.9 Å². The molecule has 0 amide bonds. The van der Waals surface area contributed by atoms with E-state index in [0.717, 1.165) is 50.0 Å². The summed E-state index contributed by atoms with van der Waals surface area (Å²) in [6.07, 6.45) is 5.37. The van der Waals surface area contributed by atoms with Crippen LogP contribution in [0.2, 0.25) is 5.02 Å². The Bertz CT molecular complexity index is 1260. The monoisotopic (exact) mass is 418 g/mol. The molecule has 152 valence electrons. The molecule has 0 spiro atoms. The number of hydrogen-bond acceptors (Lipinski definition) is 4. The molecule has 0 radical (unpaired) electrons. The van der Waals surface area contributed by atoms with E-state index in [4.69, 9.17) is 11.6 Å². The van der Waals surface area contributed by atoms with Crippen molar-refractivity contribution in [2.75, 3.05) is 12.4 Å². The molecular formula is C24H23ClN4O. The predicted octanol–water partition coefficient (Wildman–Crippen LogP) is 5.98. The zero-order valence-electron chi connectivity index (χ0n) is 17.0. The van der Waals surface area contributed by atoms with E-state index in [9.17, 15) is 5.11 Å². The lowest BCUT2D eigenvalue weighted by atomic mass is 9.93. The van der Waals surface area contributed by atoms with Gasteiger partial charge in [0.2, 0.25) is 0 Å². The average Bonchev–Trinajstić information content (AvgIpc) is 3.20. The van der Waals surface area contributed by atoms with Crippen LogP contribution in [0.5, 0.6) is 5.75 Å². The second-order valence-electron chi connectivity index (χ2n) is 7.29. The molecule has 0 aliphatic rings. The molecular weight excluding hydrogens is 396 g/mol. The summed E-state index contributed by atoms with van der Waals surface area (Å²) in [4.78, 5) is 0. The first-order valence-electron chi connectivity index (χ1n) is 9.64. The van der Waals surface area contributed by atoms with Crippen LogP contribution in [-0.2, 0) is 0 Å². The smallest absolute Gasteiger partial charge is 0.131 e. The highest BCUT2D eigenvalue weighted by Gasteiger charge is 2.15. The predicted molar refractivity (Wildman–Crippen MR) is 125 cm³/mol. The molecule has 0 unspecified atom stereocenters. The lowest BCUT2D eigenvalue weighted by Crippen LogP contribution is -1.96. The molecule has 5 nitrogen and oxygen atoms in total. The van der Waals surface area contributed by atoms with Crippen LogP contribution in [0.1, 0.15) is 11.1 Å². The Morgan fingerprint density at radius 3 is 2.50 bits per heavy atom. The summed E-state index contributed by atoms with van der Waals surface area (Å²) in [7, 11) is 1.83. The van der Waals surface area contributed by atoms with E-state index >= 15 is 0 Å². The highest BCUT2D eigenvalue weighted by Crippen LogP contribution is 2.41. The molecule has 0 saturated carbocycles. The van der Waals surface area contributed by atoms with Crippen molar-refractivity contribution in [2.45, 2.75) is 13.8 Å². The fourth-order valence-corrected chi connectivity index (χ4v) is 3.85. The van der Waals surface area contributed by atoms with Gasteiger partial charge in [0.25, 0.3) is 0 Å². The van der Waals surface area contributed by atoms with Gasteiger partial charge in [-0.2, -0.15) is 5.10 Å². The Hall–Kier alpha value is -3.44. The van der Waals surface area contributed by atoms with Gasteiger partial charge < -0.3 is 15.7 Å². The first-order chi connectivity index (χ1) is 14.5. The zero-order chi connectivity index (χ0) is 21.3. The summed E-state index contributed by atoms with van der Waals surface area (Å²) in [6, 6.07) is 13.8. The van der Waals surface area contributed by atoms with E-state index in [1.165, 1.54) is 0 Å². The summed E-state index contributed by atoms with van der Waals surface area (Å²) >= 11 is 6.47. The first-order valence-corrected chi connectivity index (χ1v) is 10.0. The van der Waals surface area contributed by atoms with Crippen LogP contribution in [0.3, 0.4) is 0 Å². The van der Waals surface area contributed by atoms with Gasteiger partial charge in [0.15, 0.2) is 0 Å². The van der Waals surface area contributed by atoms with Gasteiger partial charge >= 0.3 is 0 Å². The highest BCUT2D eigenvalue weighted by molar-refractivity contribution is 6.33. The van der Waals surface area contributed by atoms with Gasteiger partial charge in [-0.05, 0) is 66.4 Å². The molecule has 4 rings (SSSR count). The van der Waals surface area contributed by atoms with Crippen LogP contribution in [-0.4, -0.2) is 22.4 Å². The van der Waals surface area contributed by atoms with Gasteiger partial charge in [0.1, 0.15) is 5.75 Å². The summed E-state index contributed by atoms with van der Waals surface area (Å²) in [5.41, 5.74) is 7.20. The molecule has 0 atom stereocenters. The number of anilines is 1. The minimum Gasteiger partial charge on any atom is -0.507 e.